The summed E-state index contributed by atoms with van der Waals surface area (Å²) in [5.74, 6) is -0.680. The Morgan fingerprint density at radius 1 is 1.19 bits per heavy atom. The molecule has 140 valence electrons. The molecule has 0 spiro atoms. The first-order chi connectivity index (χ1) is 12.3. The van der Waals surface area contributed by atoms with E-state index in [-0.39, 0.29) is 38.6 Å². The third-order valence-corrected chi connectivity index (χ3v) is 5.73. The second-order valence-electron chi connectivity index (χ2n) is 6.22. The van der Waals surface area contributed by atoms with Crippen molar-refractivity contribution in [1.29, 1.82) is 0 Å². The Bertz CT molecular complexity index is 971. The van der Waals surface area contributed by atoms with Gasteiger partial charge in [0, 0.05) is 31.7 Å². The van der Waals surface area contributed by atoms with Gasteiger partial charge < -0.3 is 4.90 Å². The minimum absolute atomic E-state index is 0.203. The summed E-state index contributed by atoms with van der Waals surface area (Å²) in [6.45, 7) is 2.73. The zero-order valence-electron chi connectivity index (χ0n) is 14.6. The van der Waals surface area contributed by atoms with Gasteiger partial charge in [-0.3, -0.25) is 9.32 Å². The number of nitrogens with zero attached hydrogens (tertiary/aromatic N) is 4. The summed E-state index contributed by atoms with van der Waals surface area (Å²) in [6, 6.07) is 7.37. The van der Waals surface area contributed by atoms with Crippen LogP contribution in [0, 0.1) is 6.92 Å². The summed E-state index contributed by atoms with van der Waals surface area (Å²) in [5.41, 5.74) is 1.62. The molecule has 9 nitrogen and oxygen atoms in total. The molecule has 3 rings (SSSR count). The minimum atomic E-state index is -3.26. The number of benzene rings is 1. The first-order valence-electron chi connectivity index (χ1n) is 8.13. The van der Waals surface area contributed by atoms with Crippen molar-refractivity contribution < 1.29 is 17.7 Å². The average molecular weight is 380 g/mol. The number of piperazine rings is 1. The summed E-state index contributed by atoms with van der Waals surface area (Å²) in [4.78, 5) is 26.1. The molecule has 0 N–H and O–H groups in total. The fourth-order valence-corrected chi connectivity index (χ4v) is 3.76. The van der Waals surface area contributed by atoms with Crippen molar-refractivity contribution in [2.75, 3.05) is 32.4 Å². The fraction of sp³-hybridized carbons (Fsp3) is 0.438. The molecule has 1 aromatic heterocycles. The van der Waals surface area contributed by atoms with Gasteiger partial charge in [-0.05, 0) is 12.5 Å². The summed E-state index contributed by atoms with van der Waals surface area (Å²) in [5, 5.41) is 3.81. The molecular formula is C16H20N4O5S. The normalized spacial score (nSPS) is 16.0. The van der Waals surface area contributed by atoms with Crippen molar-refractivity contribution in [2.24, 2.45) is 0 Å². The van der Waals surface area contributed by atoms with Crippen LogP contribution in [0.1, 0.15) is 5.56 Å². The van der Waals surface area contributed by atoms with Crippen LogP contribution in [0.3, 0.4) is 0 Å². The number of aryl methyl sites for hydroxylation is 1. The van der Waals surface area contributed by atoms with Gasteiger partial charge in [-0.2, -0.15) is 4.31 Å². The Morgan fingerprint density at radius 3 is 2.46 bits per heavy atom. The molecule has 1 aliphatic rings. The van der Waals surface area contributed by atoms with Gasteiger partial charge >= 0.3 is 5.76 Å². The van der Waals surface area contributed by atoms with E-state index in [2.05, 4.69) is 5.16 Å². The smallest absolute Gasteiger partial charge is 0.338 e. The first-order valence-corrected chi connectivity index (χ1v) is 9.97. The van der Waals surface area contributed by atoms with E-state index in [1.165, 1.54) is 8.87 Å². The van der Waals surface area contributed by atoms with Crippen LogP contribution in [0.25, 0.3) is 11.4 Å². The first kappa shape index (κ1) is 18.3. The molecule has 0 saturated carbocycles. The highest BCUT2D eigenvalue weighted by atomic mass is 32.2. The Hall–Kier alpha value is -2.46. The molecule has 1 saturated heterocycles. The average Bonchev–Trinajstić information content (AvgIpc) is 2.95. The molecule has 26 heavy (non-hydrogen) atoms. The largest absolute Gasteiger partial charge is 0.442 e. The Balaban J connectivity index is 1.76. The molecule has 0 bridgehead atoms. The molecule has 10 heteroatoms. The van der Waals surface area contributed by atoms with E-state index >= 15 is 0 Å². The van der Waals surface area contributed by atoms with Crippen molar-refractivity contribution in [3.05, 3.63) is 40.4 Å². The topological polar surface area (TPSA) is 106 Å². The molecule has 1 aliphatic heterocycles. The number of carbonyl (C=O) groups is 1. The molecule has 2 heterocycles. The number of sulfonamides is 1. The van der Waals surface area contributed by atoms with Gasteiger partial charge in [-0.1, -0.05) is 29.4 Å². The second kappa shape index (κ2) is 7.04. The standard InChI is InChI=1S/C16H20N4O5S/c1-12-5-3-4-6-13(12)15-17-25-16(22)20(15)11-14(21)18-7-9-19(10-8-18)26(2,23)24/h3-6H,7-11H2,1-2H3. The van der Waals surface area contributed by atoms with E-state index in [0.29, 0.717) is 11.4 Å². The highest BCUT2D eigenvalue weighted by Crippen LogP contribution is 2.20. The molecule has 1 amide bonds. The predicted molar refractivity (Wildman–Crippen MR) is 93.9 cm³/mol. The van der Waals surface area contributed by atoms with Crippen molar-refractivity contribution in [3.63, 3.8) is 0 Å². The van der Waals surface area contributed by atoms with Crippen molar-refractivity contribution in [3.8, 4) is 11.4 Å². The van der Waals surface area contributed by atoms with Gasteiger partial charge in [0.1, 0.15) is 6.54 Å². The quantitative estimate of drug-likeness (QED) is 0.734. The lowest BCUT2D eigenvalue weighted by Crippen LogP contribution is -2.51. The maximum absolute atomic E-state index is 12.6. The monoisotopic (exact) mass is 380 g/mol. The molecule has 1 fully saturated rings. The summed E-state index contributed by atoms with van der Waals surface area (Å²) < 4.78 is 30.4. The van der Waals surface area contributed by atoms with Crippen LogP contribution in [0.4, 0.5) is 0 Å². The van der Waals surface area contributed by atoms with Gasteiger partial charge in [0.05, 0.1) is 6.26 Å². The maximum atomic E-state index is 12.6. The van der Waals surface area contributed by atoms with Gasteiger partial charge in [-0.15, -0.1) is 0 Å². The predicted octanol–water partition coefficient (Wildman–Crippen LogP) is -0.0845. The summed E-state index contributed by atoms with van der Waals surface area (Å²) in [7, 11) is -3.26. The highest BCUT2D eigenvalue weighted by Gasteiger charge is 2.27. The third-order valence-electron chi connectivity index (χ3n) is 4.43. The van der Waals surface area contributed by atoms with Gasteiger partial charge in [0.15, 0.2) is 5.82 Å². The van der Waals surface area contributed by atoms with Crippen LogP contribution in [-0.2, 0) is 21.4 Å². The van der Waals surface area contributed by atoms with Crippen molar-refractivity contribution in [2.45, 2.75) is 13.5 Å². The fourth-order valence-electron chi connectivity index (χ4n) is 2.93. The van der Waals surface area contributed by atoms with Gasteiger partial charge in [0.2, 0.25) is 15.9 Å². The van der Waals surface area contributed by atoms with Crippen LogP contribution in [0.2, 0.25) is 0 Å². The number of aromatic nitrogens is 2. The SMILES string of the molecule is Cc1ccccc1-c1noc(=O)n1CC(=O)N1CCN(S(C)(=O)=O)CC1. The molecule has 0 aliphatic carbocycles. The molecule has 0 radical (unpaired) electrons. The van der Waals surface area contributed by atoms with E-state index in [4.69, 9.17) is 4.52 Å². The lowest BCUT2D eigenvalue weighted by molar-refractivity contribution is -0.133. The molecule has 1 aromatic carbocycles. The highest BCUT2D eigenvalue weighted by molar-refractivity contribution is 7.88. The zero-order valence-corrected chi connectivity index (χ0v) is 15.4. The van der Waals surface area contributed by atoms with Crippen molar-refractivity contribution >= 4 is 15.9 Å². The number of hydrogen-bond acceptors (Lipinski definition) is 6. The van der Waals surface area contributed by atoms with E-state index in [0.717, 1.165) is 11.8 Å². The Labute approximate surface area is 150 Å². The summed E-state index contributed by atoms with van der Waals surface area (Å²) >= 11 is 0. The Morgan fingerprint density at radius 2 is 1.85 bits per heavy atom. The zero-order chi connectivity index (χ0) is 18.9. The van der Waals surface area contributed by atoms with Crippen molar-refractivity contribution in [1.82, 2.24) is 18.9 Å². The van der Waals surface area contributed by atoms with Crippen LogP contribution >= 0.6 is 0 Å². The van der Waals surface area contributed by atoms with E-state index in [9.17, 15) is 18.0 Å². The number of amides is 1. The second-order valence-corrected chi connectivity index (χ2v) is 8.20. The molecule has 0 atom stereocenters. The Kier molecular flexibility index (Phi) is 4.97. The number of carbonyl (C=O) groups excluding carboxylic acids is 1. The van der Waals surface area contributed by atoms with Crippen LogP contribution < -0.4 is 5.76 Å². The molecule has 0 unspecified atom stereocenters. The summed E-state index contributed by atoms with van der Waals surface area (Å²) in [6.07, 6.45) is 1.15. The lowest BCUT2D eigenvalue weighted by Gasteiger charge is -2.33. The van der Waals surface area contributed by atoms with Gasteiger partial charge in [-0.25, -0.2) is 17.8 Å². The number of hydrogen-bond donors (Lipinski definition) is 0. The number of rotatable bonds is 4. The maximum Gasteiger partial charge on any atom is 0.442 e. The minimum Gasteiger partial charge on any atom is -0.338 e. The molecular weight excluding hydrogens is 360 g/mol. The lowest BCUT2D eigenvalue weighted by atomic mass is 10.1. The van der Waals surface area contributed by atoms with Crippen LogP contribution in [-0.4, -0.2) is 65.7 Å². The van der Waals surface area contributed by atoms with Crippen LogP contribution in [0.15, 0.2) is 33.6 Å². The molecule has 2 aromatic rings. The van der Waals surface area contributed by atoms with E-state index in [1.54, 1.807) is 11.0 Å². The van der Waals surface area contributed by atoms with E-state index < -0.39 is 15.8 Å². The third kappa shape index (κ3) is 3.70. The van der Waals surface area contributed by atoms with Gasteiger partial charge in [0.25, 0.3) is 0 Å². The van der Waals surface area contributed by atoms with Crippen LogP contribution in [0.5, 0.6) is 0 Å². The van der Waals surface area contributed by atoms with E-state index in [1.807, 2.05) is 25.1 Å².